The van der Waals surface area contributed by atoms with Crippen LogP contribution < -0.4 is 0 Å². The number of ether oxygens (including phenoxy) is 1. The summed E-state index contributed by atoms with van der Waals surface area (Å²) in [7, 11) is -1.69. The van der Waals surface area contributed by atoms with E-state index in [4.69, 9.17) is 16.3 Å². The minimum absolute atomic E-state index is 0.0272. The molecule has 0 N–H and O–H groups in total. The molecule has 5 heteroatoms. The molecule has 0 aliphatic rings. The number of sulfone groups is 1. The van der Waals surface area contributed by atoms with Crippen LogP contribution in [0.3, 0.4) is 0 Å². The van der Waals surface area contributed by atoms with Crippen molar-refractivity contribution in [1.29, 1.82) is 0 Å². The Kier molecular flexibility index (Phi) is 6.72. The van der Waals surface area contributed by atoms with Gasteiger partial charge in [-0.1, -0.05) is 29.3 Å². The van der Waals surface area contributed by atoms with E-state index in [-0.39, 0.29) is 11.1 Å². The molecule has 0 aliphatic carbocycles. The number of alkyl halides is 1. The summed E-state index contributed by atoms with van der Waals surface area (Å²) in [6.07, 6.45) is 0.630. The molecule has 0 heterocycles. The summed E-state index contributed by atoms with van der Waals surface area (Å²) in [6, 6.07) is 8.49. The van der Waals surface area contributed by atoms with Crippen molar-refractivity contribution in [2.45, 2.75) is 30.5 Å². The van der Waals surface area contributed by atoms with Gasteiger partial charge in [0.2, 0.25) is 0 Å². The number of methoxy groups -OCH3 is 1. The van der Waals surface area contributed by atoms with Gasteiger partial charge < -0.3 is 4.74 Å². The zero-order chi connectivity index (χ0) is 15.2. The van der Waals surface area contributed by atoms with Crippen molar-refractivity contribution in [2.75, 3.05) is 19.5 Å². The van der Waals surface area contributed by atoms with E-state index >= 15 is 0 Å². The molecule has 1 rings (SSSR count). The summed E-state index contributed by atoms with van der Waals surface area (Å²) in [4.78, 5) is 0.353. The van der Waals surface area contributed by atoms with E-state index in [1.807, 2.05) is 13.8 Å². The second-order valence-electron chi connectivity index (χ2n) is 4.89. The molecule has 112 valence electrons. The highest BCUT2D eigenvalue weighted by Crippen LogP contribution is 2.19. The van der Waals surface area contributed by atoms with Gasteiger partial charge in [0.1, 0.15) is 0 Å². The molecule has 0 aliphatic heterocycles. The van der Waals surface area contributed by atoms with Crippen molar-refractivity contribution < 1.29 is 13.2 Å². The van der Waals surface area contributed by atoms with Crippen LogP contribution in [0.2, 0.25) is 0 Å². The Bertz CT molecular complexity index is 550. The summed E-state index contributed by atoms with van der Waals surface area (Å²) in [6.45, 7) is 4.21. The van der Waals surface area contributed by atoms with Crippen LogP contribution in [0.5, 0.6) is 0 Å². The van der Waals surface area contributed by atoms with Crippen molar-refractivity contribution in [3.05, 3.63) is 41.5 Å². The zero-order valence-corrected chi connectivity index (χ0v) is 13.7. The molecule has 1 aromatic rings. The van der Waals surface area contributed by atoms with E-state index in [0.29, 0.717) is 17.9 Å². The molecule has 0 bridgehead atoms. The largest absolute Gasteiger partial charge is 0.383 e. The van der Waals surface area contributed by atoms with Gasteiger partial charge in [0.25, 0.3) is 0 Å². The van der Waals surface area contributed by atoms with Gasteiger partial charge in [-0.25, -0.2) is 8.42 Å². The molecule has 1 atom stereocenters. The van der Waals surface area contributed by atoms with Gasteiger partial charge in [-0.3, -0.25) is 0 Å². The minimum Gasteiger partial charge on any atom is -0.383 e. The maximum absolute atomic E-state index is 12.3. The van der Waals surface area contributed by atoms with Crippen LogP contribution in [-0.4, -0.2) is 33.3 Å². The van der Waals surface area contributed by atoms with Crippen LogP contribution in [-0.2, 0) is 14.6 Å². The van der Waals surface area contributed by atoms with E-state index in [0.717, 1.165) is 11.1 Å². The van der Waals surface area contributed by atoms with Gasteiger partial charge in [-0.2, -0.15) is 0 Å². The Morgan fingerprint density at radius 1 is 1.20 bits per heavy atom. The Morgan fingerprint density at radius 2 is 1.80 bits per heavy atom. The number of halogens is 1. The van der Waals surface area contributed by atoms with Crippen molar-refractivity contribution in [1.82, 2.24) is 0 Å². The number of hydrogen-bond donors (Lipinski definition) is 0. The highest BCUT2D eigenvalue weighted by Gasteiger charge is 2.16. The predicted molar refractivity (Wildman–Crippen MR) is 83.0 cm³/mol. The SMILES string of the molecule is COCC(Cl)C/C(C)=C(/C)CS(=O)(=O)c1ccccc1. The first-order chi connectivity index (χ1) is 9.36. The number of hydrogen-bond acceptors (Lipinski definition) is 3. The second kappa shape index (κ2) is 7.81. The topological polar surface area (TPSA) is 43.4 Å². The third-order valence-electron chi connectivity index (χ3n) is 3.11. The number of rotatable bonds is 7. The molecule has 1 unspecified atom stereocenters. The maximum Gasteiger partial charge on any atom is 0.182 e. The van der Waals surface area contributed by atoms with Crippen LogP contribution in [0.1, 0.15) is 20.3 Å². The second-order valence-corrected chi connectivity index (χ2v) is 7.50. The van der Waals surface area contributed by atoms with Gasteiger partial charge in [-0.05, 0) is 32.4 Å². The van der Waals surface area contributed by atoms with E-state index in [9.17, 15) is 8.42 Å². The average Bonchev–Trinajstić information content (AvgIpc) is 2.39. The standard InChI is InChI=1S/C15H21ClO3S/c1-12(9-14(16)10-19-3)13(2)11-20(17,18)15-7-5-4-6-8-15/h4-8,14H,9-11H2,1-3H3/b13-12-. The Balaban J connectivity index is 2.81. The molecule has 0 aromatic heterocycles. The summed E-state index contributed by atoms with van der Waals surface area (Å²) in [5, 5.41) is -0.130. The Labute approximate surface area is 126 Å². The third kappa shape index (κ3) is 5.27. The summed E-state index contributed by atoms with van der Waals surface area (Å²) in [5.41, 5.74) is 1.84. The first kappa shape index (κ1) is 17.2. The third-order valence-corrected chi connectivity index (χ3v) is 5.20. The van der Waals surface area contributed by atoms with Gasteiger partial charge in [0.15, 0.2) is 9.84 Å². The Hall–Kier alpha value is -0.840. The van der Waals surface area contributed by atoms with Crippen molar-refractivity contribution in [3.63, 3.8) is 0 Å². The fourth-order valence-corrected chi connectivity index (χ4v) is 3.78. The zero-order valence-electron chi connectivity index (χ0n) is 12.1. The molecule has 0 saturated carbocycles. The lowest BCUT2D eigenvalue weighted by Gasteiger charge is -2.12. The highest BCUT2D eigenvalue weighted by atomic mass is 35.5. The van der Waals surface area contributed by atoms with E-state index in [1.165, 1.54) is 0 Å². The summed E-state index contributed by atoms with van der Waals surface area (Å²) >= 11 is 6.10. The quantitative estimate of drug-likeness (QED) is 0.571. The van der Waals surface area contributed by atoms with E-state index in [2.05, 4.69) is 0 Å². The number of allylic oxidation sites excluding steroid dienone is 1. The molecule has 0 radical (unpaired) electrons. The van der Waals surface area contributed by atoms with Gasteiger partial charge in [0, 0.05) is 7.11 Å². The van der Waals surface area contributed by atoms with Crippen LogP contribution in [0.25, 0.3) is 0 Å². The van der Waals surface area contributed by atoms with Crippen LogP contribution in [0.4, 0.5) is 0 Å². The molecule has 0 fully saturated rings. The van der Waals surface area contributed by atoms with E-state index in [1.54, 1.807) is 37.4 Å². The monoisotopic (exact) mass is 316 g/mol. The molecule has 0 amide bonds. The van der Waals surface area contributed by atoms with E-state index < -0.39 is 9.84 Å². The molecule has 1 aromatic carbocycles. The van der Waals surface area contributed by atoms with Gasteiger partial charge in [0.05, 0.1) is 22.6 Å². The molecule has 0 spiro atoms. The summed E-state index contributed by atoms with van der Waals surface area (Å²) in [5.74, 6) is 0.0272. The Morgan fingerprint density at radius 3 is 2.35 bits per heavy atom. The first-order valence-corrected chi connectivity index (χ1v) is 8.51. The fraction of sp³-hybridized carbons (Fsp3) is 0.467. The van der Waals surface area contributed by atoms with Crippen LogP contribution >= 0.6 is 11.6 Å². The fourth-order valence-electron chi connectivity index (χ4n) is 1.87. The molecular formula is C15H21ClO3S. The molecule has 0 saturated heterocycles. The lowest BCUT2D eigenvalue weighted by atomic mass is 10.1. The van der Waals surface area contributed by atoms with Crippen LogP contribution in [0, 0.1) is 0 Å². The van der Waals surface area contributed by atoms with Crippen molar-refractivity contribution >= 4 is 21.4 Å². The van der Waals surface area contributed by atoms with Crippen LogP contribution in [0.15, 0.2) is 46.4 Å². The highest BCUT2D eigenvalue weighted by molar-refractivity contribution is 7.91. The molecular weight excluding hydrogens is 296 g/mol. The van der Waals surface area contributed by atoms with Gasteiger partial charge >= 0.3 is 0 Å². The van der Waals surface area contributed by atoms with Crippen molar-refractivity contribution in [2.24, 2.45) is 0 Å². The maximum atomic E-state index is 12.3. The molecule has 20 heavy (non-hydrogen) atoms. The lowest BCUT2D eigenvalue weighted by Crippen LogP contribution is -2.12. The normalized spacial score (nSPS) is 14.8. The van der Waals surface area contributed by atoms with Crippen molar-refractivity contribution in [3.8, 4) is 0 Å². The first-order valence-electron chi connectivity index (χ1n) is 6.43. The lowest BCUT2D eigenvalue weighted by molar-refractivity contribution is 0.197. The smallest absolute Gasteiger partial charge is 0.182 e. The molecule has 3 nitrogen and oxygen atoms in total. The predicted octanol–water partition coefficient (Wildman–Crippen LogP) is 3.44. The van der Waals surface area contributed by atoms with Gasteiger partial charge in [-0.15, -0.1) is 11.6 Å². The number of benzene rings is 1. The average molecular weight is 317 g/mol. The minimum atomic E-state index is -3.28. The summed E-state index contributed by atoms with van der Waals surface area (Å²) < 4.78 is 29.5.